The Hall–Kier alpha value is 0.550. The second-order valence-electron chi connectivity index (χ2n) is 2.59. The first-order chi connectivity index (χ1) is 6.40. The minimum absolute atomic E-state index is 0.0106. The van der Waals surface area contributed by atoms with Crippen molar-refractivity contribution in [2.24, 2.45) is 0 Å². The molecule has 0 bridgehead atoms. The van der Waals surface area contributed by atoms with Crippen molar-refractivity contribution in [2.75, 3.05) is 5.88 Å². The van der Waals surface area contributed by atoms with Crippen LogP contribution in [0.3, 0.4) is 0 Å². The Morgan fingerprint density at radius 2 is 2.00 bits per heavy atom. The summed E-state index contributed by atoms with van der Waals surface area (Å²) in [4.78, 5) is 0. The lowest BCUT2D eigenvalue weighted by Gasteiger charge is -2.19. The van der Waals surface area contributed by atoms with Gasteiger partial charge in [0.25, 0.3) is 0 Å². The van der Waals surface area contributed by atoms with Crippen LogP contribution in [-0.2, 0) is 4.33 Å². The Labute approximate surface area is 109 Å². The molecule has 0 aromatic heterocycles. The van der Waals surface area contributed by atoms with E-state index in [-0.39, 0.29) is 11.4 Å². The van der Waals surface area contributed by atoms with Crippen molar-refractivity contribution in [3.8, 4) is 5.75 Å². The van der Waals surface area contributed by atoms with Gasteiger partial charge in [-0.15, -0.1) is 11.6 Å². The summed E-state index contributed by atoms with van der Waals surface area (Å²) in [6.07, 6.45) is 0. The minimum atomic E-state index is -1.53. The molecule has 1 aromatic rings. The molecule has 0 unspecified atom stereocenters. The summed E-state index contributed by atoms with van der Waals surface area (Å²) in [5, 5.41) is 9.14. The summed E-state index contributed by atoms with van der Waals surface area (Å²) in [7, 11) is 0. The Morgan fingerprint density at radius 1 is 1.43 bits per heavy atom. The first kappa shape index (κ1) is 12.6. The molecular formula is C8H5Cl3FIO. The van der Waals surface area contributed by atoms with Crippen LogP contribution in [-0.4, -0.2) is 11.0 Å². The zero-order valence-corrected chi connectivity index (χ0v) is 11.1. The molecule has 1 aromatic carbocycles. The largest absolute Gasteiger partial charge is 0.505 e. The summed E-state index contributed by atoms with van der Waals surface area (Å²) in [6.45, 7) is 0. The first-order valence-electron chi connectivity index (χ1n) is 3.51. The molecule has 1 N–H and O–H groups in total. The van der Waals surface area contributed by atoms with E-state index < -0.39 is 15.9 Å². The van der Waals surface area contributed by atoms with Gasteiger partial charge < -0.3 is 5.11 Å². The van der Waals surface area contributed by atoms with Crippen molar-refractivity contribution in [2.45, 2.75) is 4.33 Å². The second-order valence-corrected chi connectivity index (χ2v) is 5.51. The maximum absolute atomic E-state index is 13.5. The van der Waals surface area contributed by atoms with Crippen LogP contribution >= 0.6 is 57.4 Å². The standard InChI is InChI=1S/C8H5Cl3FIO/c9-3-8(10,11)6-4(13)1-2-5(14)7(6)12/h1-2,14H,3H2. The highest BCUT2D eigenvalue weighted by atomic mass is 127. The van der Waals surface area contributed by atoms with Gasteiger partial charge in [0.1, 0.15) is 0 Å². The topological polar surface area (TPSA) is 20.2 Å². The third kappa shape index (κ3) is 2.38. The summed E-state index contributed by atoms with van der Waals surface area (Å²) in [6, 6.07) is 2.75. The van der Waals surface area contributed by atoms with Crippen molar-refractivity contribution in [3.63, 3.8) is 0 Å². The molecule has 0 aliphatic heterocycles. The van der Waals surface area contributed by atoms with Gasteiger partial charge in [-0.25, -0.2) is 4.39 Å². The van der Waals surface area contributed by atoms with E-state index in [1.165, 1.54) is 12.1 Å². The molecule has 0 saturated carbocycles. The highest BCUT2D eigenvalue weighted by Gasteiger charge is 2.32. The monoisotopic (exact) mass is 368 g/mol. The number of hydrogen-bond donors (Lipinski definition) is 1. The minimum Gasteiger partial charge on any atom is -0.505 e. The SMILES string of the molecule is Oc1ccc(I)c(C(Cl)(Cl)CCl)c1F. The number of alkyl halides is 3. The van der Waals surface area contributed by atoms with E-state index in [1.54, 1.807) is 0 Å². The third-order valence-corrected chi connectivity index (χ3v) is 3.82. The van der Waals surface area contributed by atoms with Crippen LogP contribution in [0.4, 0.5) is 4.39 Å². The van der Waals surface area contributed by atoms with Crippen LogP contribution < -0.4 is 0 Å². The van der Waals surface area contributed by atoms with Gasteiger partial charge in [0.15, 0.2) is 15.9 Å². The van der Waals surface area contributed by atoms with Gasteiger partial charge >= 0.3 is 0 Å². The normalized spacial score (nSPS) is 11.8. The molecule has 1 nitrogen and oxygen atoms in total. The van der Waals surface area contributed by atoms with Gasteiger partial charge in [0, 0.05) is 9.13 Å². The van der Waals surface area contributed by atoms with Crippen molar-refractivity contribution in [1.82, 2.24) is 0 Å². The number of hydrogen-bond acceptors (Lipinski definition) is 1. The van der Waals surface area contributed by atoms with Crippen molar-refractivity contribution < 1.29 is 9.50 Å². The predicted molar refractivity (Wildman–Crippen MR) is 64.9 cm³/mol. The fraction of sp³-hybridized carbons (Fsp3) is 0.250. The number of benzene rings is 1. The first-order valence-corrected chi connectivity index (χ1v) is 5.88. The highest BCUT2D eigenvalue weighted by Crippen LogP contribution is 2.41. The zero-order valence-electron chi connectivity index (χ0n) is 6.70. The summed E-state index contributed by atoms with van der Waals surface area (Å²) < 4.78 is 12.5. The molecular weight excluding hydrogens is 364 g/mol. The number of rotatable bonds is 2. The van der Waals surface area contributed by atoms with Gasteiger partial charge in [-0.3, -0.25) is 0 Å². The Morgan fingerprint density at radius 3 is 2.50 bits per heavy atom. The quantitative estimate of drug-likeness (QED) is 0.617. The van der Waals surface area contributed by atoms with Gasteiger partial charge in [-0.05, 0) is 34.7 Å². The zero-order chi connectivity index (χ0) is 10.9. The molecule has 14 heavy (non-hydrogen) atoms. The van der Waals surface area contributed by atoms with Crippen LogP contribution in [0.1, 0.15) is 5.56 Å². The summed E-state index contributed by atoms with van der Waals surface area (Å²) in [5.41, 5.74) is 0.0106. The van der Waals surface area contributed by atoms with E-state index in [0.717, 1.165) is 0 Å². The van der Waals surface area contributed by atoms with Gasteiger partial charge in [-0.2, -0.15) is 0 Å². The number of phenolic OH excluding ortho intramolecular Hbond substituents is 1. The molecule has 0 saturated heterocycles. The number of phenols is 1. The van der Waals surface area contributed by atoms with Crippen LogP contribution in [0.5, 0.6) is 5.75 Å². The van der Waals surface area contributed by atoms with E-state index in [0.29, 0.717) is 3.57 Å². The molecule has 0 radical (unpaired) electrons. The number of halogens is 5. The maximum atomic E-state index is 13.5. The van der Waals surface area contributed by atoms with Crippen LogP contribution in [0.2, 0.25) is 0 Å². The number of aromatic hydroxyl groups is 1. The Kier molecular flexibility index (Phi) is 4.14. The Bertz CT molecular complexity index is 357. The van der Waals surface area contributed by atoms with Crippen LogP contribution in [0.25, 0.3) is 0 Å². The lowest BCUT2D eigenvalue weighted by molar-refractivity contribution is 0.427. The Balaban J connectivity index is 3.40. The molecule has 0 fully saturated rings. The predicted octanol–water partition coefficient (Wildman–Crippen LogP) is 4.01. The van der Waals surface area contributed by atoms with Crippen LogP contribution in [0, 0.1) is 9.39 Å². The van der Waals surface area contributed by atoms with Gasteiger partial charge in [0.2, 0.25) is 0 Å². The molecule has 0 spiro atoms. The van der Waals surface area contributed by atoms with Crippen molar-refractivity contribution in [1.29, 1.82) is 0 Å². The van der Waals surface area contributed by atoms with Crippen LogP contribution in [0.15, 0.2) is 12.1 Å². The fourth-order valence-corrected chi connectivity index (χ4v) is 2.64. The van der Waals surface area contributed by atoms with Crippen molar-refractivity contribution >= 4 is 57.4 Å². The maximum Gasteiger partial charge on any atom is 0.172 e. The molecule has 6 heteroatoms. The molecule has 0 atom stereocenters. The van der Waals surface area contributed by atoms with E-state index in [1.807, 2.05) is 22.6 Å². The smallest absolute Gasteiger partial charge is 0.172 e. The van der Waals surface area contributed by atoms with Gasteiger partial charge in [0.05, 0.1) is 5.88 Å². The average molecular weight is 369 g/mol. The lowest BCUT2D eigenvalue weighted by Crippen LogP contribution is -2.16. The van der Waals surface area contributed by atoms with E-state index in [9.17, 15) is 4.39 Å². The van der Waals surface area contributed by atoms with Gasteiger partial charge in [-0.1, -0.05) is 23.2 Å². The summed E-state index contributed by atoms with van der Waals surface area (Å²) >= 11 is 19.0. The molecule has 0 aliphatic carbocycles. The molecule has 0 aliphatic rings. The molecule has 0 heterocycles. The second kappa shape index (κ2) is 4.60. The summed E-state index contributed by atoms with van der Waals surface area (Å²) in [5.74, 6) is -1.48. The van der Waals surface area contributed by atoms with E-state index >= 15 is 0 Å². The van der Waals surface area contributed by atoms with E-state index in [4.69, 9.17) is 39.9 Å². The highest BCUT2D eigenvalue weighted by molar-refractivity contribution is 14.1. The fourth-order valence-electron chi connectivity index (χ4n) is 0.944. The average Bonchev–Trinajstić information content (AvgIpc) is 2.12. The molecule has 78 valence electrons. The third-order valence-electron chi connectivity index (χ3n) is 1.60. The molecule has 1 rings (SSSR count). The molecule has 0 amide bonds. The van der Waals surface area contributed by atoms with E-state index in [2.05, 4.69) is 0 Å². The van der Waals surface area contributed by atoms with Crippen molar-refractivity contribution in [3.05, 3.63) is 27.1 Å². The lowest BCUT2D eigenvalue weighted by atomic mass is 10.1.